The number of hydrogen-bond acceptors (Lipinski definition) is 8. The maximum Gasteiger partial charge on any atom is 0.214 e. The first kappa shape index (κ1) is 26.9. The van der Waals surface area contributed by atoms with Crippen LogP contribution in [0.1, 0.15) is 18.9 Å². The quantitative estimate of drug-likeness (QED) is 0.170. The second-order valence-corrected chi connectivity index (χ2v) is 8.65. The number of rotatable bonds is 11. The van der Waals surface area contributed by atoms with Crippen molar-refractivity contribution < 1.29 is 27.8 Å². The molecule has 9 nitrogen and oxygen atoms in total. The van der Waals surface area contributed by atoms with E-state index in [9.17, 15) is 13.2 Å². The van der Waals surface area contributed by atoms with Crippen LogP contribution < -0.4 is 14.8 Å². The summed E-state index contributed by atoms with van der Waals surface area (Å²) in [7, 11) is 0. The molecule has 0 saturated carbocycles. The van der Waals surface area contributed by atoms with Gasteiger partial charge < -0.3 is 19.9 Å². The van der Waals surface area contributed by atoms with Crippen molar-refractivity contribution in [3.8, 4) is 23.0 Å². The number of anilines is 2. The monoisotopic (exact) mass is 550 g/mol. The van der Waals surface area contributed by atoms with Crippen LogP contribution >= 0.6 is 0 Å². The molecule has 5 aromatic rings. The van der Waals surface area contributed by atoms with Crippen molar-refractivity contribution in [3.63, 3.8) is 0 Å². The Balaban J connectivity index is 1.55. The van der Waals surface area contributed by atoms with Gasteiger partial charge in [0.05, 0.1) is 31.5 Å². The minimum Gasteiger partial charge on any atom is -0.494 e. The Morgan fingerprint density at radius 2 is 1.80 bits per heavy atom. The molecule has 0 fully saturated rings. The van der Waals surface area contributed by atoms with Gasteiger partial charge in [0.15, 0.2) is 17.4 Å². The van der Waals surface area contributed by atoms with Crippen LogP contribution in [0.2, 0.25) is 0 Å². The zero-order chi connectivity index (χ0) is 28.1. The third-order valence-electron chi connectivity index (χ3n) is 5.91. The number of aromatic nitrogens is 5. The normalized spacial score (nSPS) is 11.1. The van der Waals surface area contributed by atoms with Crippen LogP contribution in [0.3, 0.4) is 0 Å². The number of aliphatic hydroxyl groups is 1. The van der Waals surface area contributed by atoms with Crippen molar-refractivity contribution in [1.29, 1.82) is 0 Å². The molecule has 3 heterocycles. The Morgan fingerprint density at radius 1 is 1.00 bits per heavy atom. The number of aliphatic hydroxyl groups excluding tert-OH is 1. The molecule has 40 heavy (non-hydrogen) atoms. The van der Waals surface area contributed by atoms with E-state index < -0.39 is 17.6 Å². The molecular formula is C28H25F3N6O3. The average Bonchev–Trinajstić information content (AvgIpc) is 3.30. The molecule has 0 aliphatic carbocycles. The van der Waals surface area contributed by atoms with Gasteiger partial charge in [0, 0.05) is 54.1 Å². The van der Waals surface area contributed by atoms with Crippen LogP contribution in [-0.2, 0) is 6.54 Å². The number of para-hydroxylation sites is 1. The molecule has 0 saturated heterocycles. The molecule has 0 aliphatic heterocycles. The highest BCUT2D eigenvalue weighted by molar-refractivity contribution is 5.92. The lowest BCUT2D eigenvalue weighted by Gasteiger charge is -2.13. The number of benzene rings is 2. The van der Waals surface area contributed by atoms with Crippen molar-refractivity contribution in [2.75, 3.05) is 25.1 Å². The highest BCUT2D eigenvalue weighted by Gasteiger charge is 2.20. The number of fused-ring (bicyclic) bond motifs is 1. The number of nitrogens with one attached hydrogen (secondary N) is 1. The summed E-state index contributed by atoms with van der Waals surface area (Å²) in [6, 6.07) is 12.2. The highest BCUT2D eigenvalue weighted by Crippen LogP contribution is 2.32. The Hall–Kier alpha value is -4.71. The average molecular weight is 551 g/mol. The minimum absolute atomic E-state index is 0.0593. The summed E-state index contributed by atoms with van der Waals surface area (Å²) in [5.74, 6) is -1.36. The smallest absolute Gasteiger partial charge is 0.214 e. The maximum atomic E-state index is 14.9. The molecule has 12 heteroatoms. The third-order valence-corrected chi connectivity index (χ3v) is 5.91. The van der Waals surface area contributed by atoms with Crippen molar-refractivity contribution in [3.05, 3.63) is 84.1 Å². The predicted octanol–water partition coefficient (Wildman–Crippen LogP) is 5.26. The SMILES string of the molecule is CCOc1cc(F)c(Cn2nc(-c3ncc(OCCCO)c(Nc4ccnc(F)c4)n3)c3ccccc32)c(F)c1. The minimum atomic E-state index is -0.749. The van der Waals surface area contributed by atoms with Crippen LogP contribution in [0.4, 0.5) is 24.7 Å². The topological polar surface area (TPSA) is 107 Å². The van der Waals surface area contributed by atoms with Crippen molar-refractivity contribution in [2.45, 2.75) is 19.9 Å². The van der Waals surface area contributed by atoms with Gasteiger partial charge in [-0.05, 0) is 19.1 Å². The van der Waals surface area contributed by atoms with Crippen molar-refractivity contribution >= 4 is 22.4 Å². The molecule has 206 valence electrons. The van der Waals surface area contributed by atoms with E-state index in [1.54, 1.807) is 37.3 Å². The van der Waals surface area contributed by atoms with Crippen molar-refractivity contribution in [1.82, 2.24) is 24.7 Å². The number of pyridine rings is 1. The zero-order valence-corrected chi connectivity index (χ0v) is 21.4. The van der Waals surface area contributed by atoms with Crippen LogP contribution in [0.15, 0.2) is 60.9 Å². The molecule has 0 radical (unpaired) electrons. The summed E-state index contributed by atoms with van der Waals surface area (Å²) in [6.07, 6.45) is 3.14. The maximum absolute atomic E-state index is 14.9. The molecular weight excluding hydrogens is 525 g/mol. The first-order chi connectivity index (χ1) is 19.5. The first-order valence-electron chi connectivity index (χ1n) is 12.5. The molecule has 0 unspecified atom stereocenters. The number of hydrogen-bond donors (Lipinski definition) is 2. The van der Waals surface area contributed by atoms with Gasteiger partial charge in [-0.15, -0.1) is 0 Å². The molecule has 2 N–H and O–H groups in total. The Labute approximate surface area is 227 Å². The van der Waals surface area contributed by atoms with E-state index >= 15 is 0 Å². The van der Waals surface area contributed by atoms with E-state index in [1.807, 2.05) is 0 Å². The lowest BCUT2D eigenvalue weighted by Crippen LogP contribution is -2.08. The molecule has 0 bridgehead atoms. The highest BCUT2D eigenvalue weighted by atomic mass is 19.1. The van der Waals surface area contributed by atoms with Gasteiger partial charge in [0.2, 0.25) is 5.95 Å². The largest absolute Gasteiger partial charge is 0.494 e. The van der Waals surface area contributed by atoms with Gasteiger partial charge >= 0.3 is 0 Å². The second kappa shape index (κ2) is 12.0. The van der Waals surface area contributed by atoms with E-state index in [1.165, 1.54) is 23.1 Å². The van der Waals surface area contributed by atoms with E-state index in [-0.39, 0.29) is 55.1 Å². The van der Waals surface area contributed by atoms with E-state index in [0.717, 1.165) is 12.1 Å². The summed E-state index contributed by atoms with van der Waals surface area (Å²) in [4.78, 5) is 12.6. The Bertz CT molecular complexity index is 1620. The van der Waals surface area contributed by atoms with Gasteiger partial charge in [-0.2, -0.15) is 9.49 Å². The molecule has 3 aromatic heterocycles. The van der Waals surface area contributed by atoms with E-state index in [0.29, 0.717) is 28.7 Å². The fourth-order valence-electron chi connectivity index (χ4n) is 4.09. The molecule has 0 aliphatic rings. The number of nitrogens with zero attached hydrogens (tertiary/aromatic N) is 5. The van der Waals surface area contributed by atoms with Crippen LogP contribution in [-0.4, -0.2) is 49.7 Å². The Kier molecular flexibility index (Phi) is 8.06. The summed E-state index contributed by atoms with van der Waals surface area (Å²) in [5.41, 5.74) is 1.19. The second-order valence-electron chi connectivity index (χ2n) is 8.65. The molecule has 5 rings (SSSR count). The van der Waals surface area contributed by atoms with Crippen molar-refractivity contribution in [2.24, 2.45) is 0 Å². The van der Waals surface area contributed by atoms with Crippen LogP contribution in [0.25, 0.3) is 22.4 Å². The lowest BCUT2D eigenvalue weighted by atomic mass is 10.1. The zero-order valence-electron chi connectivity index (χ0n) is 21.4. The molecule has 0 atom stereocenters. The van der Waals surface area contributed by atoms with Gasteiger partial charge in [-0.3, -0.25) is 4.68 Å². The summed E-state index contributed by atoms with van der Waals surface area (Å²) >= 11 is 0. The first-order valence-corrected chi connectivity index (χ1v) is 12.5. The molecule has 0 spiro atoms. The molecule has 2 aromatic carbocycles. The Morgan fingerprint density at radius 3 is 2.55 bits per heavy atom. The number of ether oxygens (including phenoxy) is 2. The fourth-order valence-corrected chi connectivity index (χ4v) is 4.09. The van der Waals surface area contributed by atoms with Crippen LogP contribution in [0, 0.1) is 17.6 Å². The van der Waals surface area contributed by atoms with E-state index in [2.05, 4.69) is 25.4 Å². The molecule has 0 amide bonds. The van der Waals surface area contributed by atoms with Gasteiger partial charge in [-0.1, -0.05) is 18.2 Å². The predicted molar refractivity (Wildman–Crippen MR) is 142 cm³/mol. The van der Waals surface area contributed by atoms with Gasteiger partial charge in [-0.25, -0.2) is 23.7 Å². The third kappa shape index (κ3) is 5.81. The van der Waals surface area contributed by atoms with E-state index in [4.69, 9.17) is 14.6 Å². The lowest BCUT2D eigenvalue weighted by molar-refractivity contribution is 0.233. The fraction of sp³-hybridized carbons (Fsp3) is 0.214. The van der Waals surface area contributed by atoms with Gasteiger partial charge in [0.1, 0.15) is 23.1 Å². The summed E-state index contributed by atoms with van der Waals surface area (Å²) in [5, 5.41) is 17.4. The summed E-state index contributed by atoms with van der Waals surface area (Å²) < 4.78 is 55.9. The summed E-state index contributed by atoms with van der Waals surface area (Å²) in [6.45, 7) is 1.97. The van der Waals surface area contributed by atoms with Gasteiger partial charge in [0.25, 0.3) is 0 Å². The number of halogens is 3. The standard InChI is InChI=1S/C28H25F3N6O3/c1-2-39-18-13-21(29)20(22(30)14-18)16-37-23-7-4-3-6-19(23)26(36-37)28-33-15-24(40-11-5-10-38)27(35-28)34-17-8-9-32-25(31)12-17/h3-4,6-9,12-15,38H,2,5,10-11,16H2,1H3,(H,32,33,34,35). The van der Waals surface area contributed by atoms with Crippen LogP contribution in [0.5, 0.6) is 11.5 Å².